The second-order valence-electron chi connectivity index (χ2n) is 8.20. The average Bonchev–Trinajstić information content (AvgIpc) is 2.78. The van der Waals surface area contributed by atoms with E-state index < -0.39 is 10.0 Å². The summed E-state index contributed by atoms with van der Waals surface area (Å²) in [6.45, 7) is 4.65. The summed E-state index contributed by atoms with van der Waals surface area (Å²) in [6, 6.07) is 13.6. The Morgan fingerprint density at radius 1 is 1.06 bits per heavy atom. The van der Waals surface area contributed by atoms with Gasteiger partial charge in [-0.1, -0.05) is 31.5 Å². The van der Waals surface area contributed by atoms with Gasteiger partial charge in [0, 0.05) is 37.3 Å². The van der Waals surface area contributed by atoms with Gasteiger partial charge in [0.25, 0.3) is 15.9 Å². The number of nitrogens with one attached hydrogen (secondary N) is 2. The molecule has 0 radical (unpaired) electrons. The summed E-state index contributed by atoms with van der Waals surface area (Å²) in [4.78, 5) is 25.9. The Hall–Kier alpha value is -2.87. The summed E-state index contributed by atoms with van der Waals surface area (Å²) >= 11 is 0. The number of carbonyl (C=O) groups excluding carboxylic acids is 2. The number of rotatable bonds is 8. The topological polar surface area (TPSA) is 95.6 Å². The number of anilines is 1. The van der Waals surface area contributed by atoms with Crippen molar-refractivity contribution in [2.75, 3.05) is 17.8 Å². The average molecular weight is 458 g/mol. The fourth-order valence-corrected chi connectivity index (χ4v) is 4.93. The van der Waals surface area contributed by atoms with E-state index in [9.17, 15) is 18.0 Å². The fraction of sp³-hybridized carbons (Fsp3) is 0.417. The van der Waals surface area contributed by atoms with Crippen LogP contribution in [0.5, 0.6) is 0 Å². The maximum absolute atomic E-state index is 12.9. The monoisotopic (exact) mass is 457 g/mol. The third kappa shape index (κ3) is 6.32. The molecule has 0 aromatic heterocycles. The van der Waals surface area contributed by atoms with E-state index in [4.69, 9.17) is 0 Å². The number of piperidine rings is 1. The van der Waals surface area contributed by atoms with Crippen LogP contribution in [-0.4, -0.2) is 44.3 Å². The normalized spacial score (nSPS) is 14.8. The van der Waals surface area contributed by atoms with Crippen LogP contribution in [0.4, 0.5) is 5.69 Å². The van der Waals surface area contributed by atoms with Gasteiger partial charge in [-0.3, -0.25) is 14.3 Å². The number of hydrogen-bond acceptors (Lipinski definition) is 4. The van der Waals surface area contributed by atoms with E-state index in [1.807, 2.05) is 12.1 Å². The zero-order valence-electron chi connectivity index (χ0n) is 18.6. The number of likely N-dealkylation sites (tertiary alicyclic amines) is 1. The van der Waals surface area contributed by atoms with Crippen molar-refractivity contribution in [1.29, 1.82) is 0 Å². The smallest absolute Gasteiger partial charge is 0.261 e. The molecule has 3 rings (SSSR count). The van der Waals surface area contributed by atoms with E-state index in [-0.39, 0.29) is 22.8 Å². The Balaban J connectivity index is 1.66. The molecule has 2 N–H and O–H groups in total. The number of benzene rings is 2. The van der Waals surface area contributed by atoms with Gasteiger partial charge in [0.1, 0.15) is 0 Å². The maximum Gasteiger partial charge on any atom is 0.261 e. The summed E-state index contributed by atoms with van der Waals surface area (Å²) in [5.41, 5.74) is 1.99. The maximum atomic E-state index is 12.9. The molecule has 8 heteroatoms. The Morgan fingerprint density at radius 2 is 1.75 bits per heavy atom. The van der Waals surface area contributed by atoms with E-state index >= 15 is 0 Å². The molecule has 1 aliphatic rings. The molecule has 1 heterocycles. The first kappa shape index (κ1) is 23.8. The lowest BCUT2D eigenvalue weighted by atomic mass is 10.0. The van der Waals surface area contributed by atoms with Crippen LogP contribution >= 0.6 is 0 Å². The standard InChI is InChI=1S/C24H31N3O4S/c1-3-4-6-19-9-11-22(12-10-19)26-32(30,31)23-8-5-7-20(17-23)24(29)27-15-13-21(14-16-27)25-18(2)28/h5,7-12,17,21,26H,3-4,6,13-16H2,1-2H3,(H,25,28). The molecule has 172 valence electrons. The Kier molecular flexibility index (Phi) is 7.90. The van der Waals surface area contributed by atoms with Crippen LogP contribution in [0.3, 0.4) is 0 Å². The van der Waals surface area contributed by atoms with E-state index in [0.717, 1.165) is 19.3 Å². The van der Waals surface area contributed by atoms with E-state index in [2.05, 4.69) is 17.0 Å². The molecular weight excluding hydrogens is 426 g/mol. The number of unbranched alkanes of at least 4 members (excludes halogenated alkanes) is 1. The largest absolute Gasteiger partial charge is 0.353 e. The van der Waals surface area contributed by atoms with Gasteiger partial charge in [0.05, 0.1) is 4.90 Å². The molecule has 0 atom stereocenters. The van der Waals surface area contributed by atoms with E-state index in [1.54, 1.807) is 29.2 Å². The summed E-state index contributed by atoms with van der Waals surface area (Å²) in [5.74, 6) is -0.278. The minimum atomic E-state index is -3.82. The van der Waals surface area contributed by atoms with Crippen molar-refractivity contribution in [2.45, 2.75) is 56.9 Å². The molecule has 32 heavy (non-hydrogen) atoms. The molecule has 1 fully saturated rings. The van der Waals surface area contributed by atoms with Gasteiger partial charge in [-0.25, -0.2) is 8.42 Å². The van der Waals surface area contributed by atoms with Crippen LogP contribution in [0.1, 0.15) is 55.5 Å². The third-order valence-corrected chi connectivity index (χ3v) is 6.98. The van der Waals surface area contributed by atoms with Gasteiger partial charge in [-0.15, -0.1) is 0 Å². The molecule has 2 aromatic carbocycles. The Labute approximate surface area is 190 Å². The summed E-state index contributed by atoms with van der Waals surface area (Å²) in [7, 11) is -3.82. The van der Waals surface area contributed by atoms with Crippen LogP contribution in [0, 0.1) is 0 Å². The zero-order chi connectivity index (χ0) is 23.1. The molecule has 0 spiro atoms. The minimum Gasteiger partial charge on any atom is -0.353 e. The van der Waals surface area contributed by atoms with E-state index in [1.165, 1.54) is 24.6 Å². The Morgan fingerprint density at radius 3 is 2.38 bits per heavy atom. The van der Waals surface area contributed by atoms with Gasteiger partial charge >= 0.3 is 0 Å². The molecule has 0 aliphatic carbocycles. The molecular formula is C24H31N3O4S. The lowest BCUT2D eigenvalue weighted by Crippen LogP contribution is -2.46. The highest BCUT2D eigenvalue weighted by atomic mass is 32.2. The number of sulfonamides is 1. The van der Waals surface area contributed by atoms with Crippen LogP contribution in [0.25, 0.3) is 0 Å². The van der Waals surface area contributed by atoms with Gasteiger partial charge in [-0.2, -0.15) is 0 Å². The molecule has 0 unspecified atom stereocenters. The van der Waals surface area contributed by atoms with Crippen molar-refractivity contribution in [1.82, 2.24) is 10.2 Å². The van der Waals surface area contributed by atoms with Crippen molar-refractivity contribution in [2.24, 2.45) is 0 Å². The van der Waals surface area contributed by atoms with Crippen molar-refractivity contribution < 1.29 is 18.0 Å². The lowest BCUT2D eigenvalue weighted by Gasteiger charge is -2.32. The SMILES string of the molecule is CCCCc1ccc(NS(=O)(=O)c2cccc(C(=O)N3CCC(NC(C)=O)CC3)c2)cc1. The summed E-state index contributed by atoms with van der Waals surface area (Å²) in [6.07, 6.45) is 4.53. The number of hydrogen-bond donors (Lipinski definition) is 2. The molecule has 0 saturated carbocycles. The minimum absolute atomic E-state index is 0.0477. The molecule has 2 aromatic rings. The molecule has 7 nitrogen and oxygen atoms in total. The van der Waals surface area contributed by atoms with Crippen LogP contribution < -0.4 is 10.0 Å². The highest BCUT2D eigenvalue weighted by molar-refractivity contribution is 7.92. The highest BCUT2D eigenvalue weighted by Crippen LogP contribution is 2.20. The second-order valence-corrected chi connectivity index (χ2v) is 9.88. The van der Waals surface area contributed by atoms with Crippen molar-refractivity contribution in [3.63, 3.8) is 0 Å². The highest BCUT2D eigenvalue weighted by Gasteiger charge is 2.25. The fourth-order valence-electron chi connectivity index (χ4n) is 3.83. The zero-order valence-corrected chi connectivity index (χ0v) is 19.5. The van der Waals surface area contributed by atoms with Gasteiger partial charge in [0.2, 0.25) is 5.91 Å². The Bertz CT molecular complexity index is 1040. The molecule has 0 bridgehead atoms. The van der Waals surface area contributed by atoms with Gasteiger partial charge in [0.15, 0.2) is 0 Å². The molecule has 1 saturated heterocycles. The molecule has 1 aliphatic heterocycles. The van der Waals surface area contributed by atoms with Crippen molar-refractivity contribution >= 4 is 27.5 Å². The lowest BCUT2D eigenvalue weighted by molar-refractivity contribution is -0.119. The first-order valence-electron chi connectivity index (χ1n) is 11.1. The predicted octanol–water partition coefficient (Wildman–Crippen LogP) is 3.57. The number of nitrogens with zero attached hydrogens (tertiary/aromatic N) is 1. The first-order chi connectivity index (χ1) is 15.3. The van der Waals surface area contributed by atoms with Gasteiger partial charge in [-0.05, 0) is 61.6 Å². The number of carbonyl (C=O) groups is 2. The van der Waals surface area contributed by atoms with Crippen LogP contribution in [-0.2, 0) is 21.2 Å². The number of aryl methyl sites for hydroxylation is 1. The van der Waals surface area contributed by atoms with Crippen LogP contribution in [0.15, 0.2) is 53.4 Å². The van der Waals surface area contributed by atoms with Gasteiger partial charge < -0.3 is 10.2 Å². The molecule has 2 amide bonds. The third-order valence-electron chi connectivity index (χ3n) is 5.61. The predicted molar refractivity (Wildman–Crippen MR) is 125 cm³/mol. The summed E-state index contributed by atoms with van der Waals surface area (Å²) < 4.78 is 28.4. The quantitative estimate of drug-likeness (QED) is 0.633. The first-order valence-corrected chi connectivity index (χ1v) is 12.5. The van der Waals surface area contributed by atoms with Crippen molar-refractivity contribution in [3.8, 4) is 0 Å². The second kappa shape index (κ2) is 10.6. The number of amides is 2. The van der Waals surface area contributed by atoms with Crippen LogP contribution in [0.2, 0.25) is 0 Å². The van der Waals surface area contributed by atoms with Crippen molar-refractivity contribution in [3.05, 3.63) is 59.7 Å². The summed E-state index contributed by atoms with van der Waals surface area (Å²) in [5, 5.41) is 2.88. The van der Waals surface area contributed by atoms with E-state index in [0.29, 0.717) is 37.2 Å².